The summed E-state index contributed by atoms with van der Waals surface area (Å²) in [4.78, 5) is 0. The van der Waals surface area contributed by atoms with Crippen LogP contribution in [0.3, 0.4) is 0 Å². The second-order valence-corrected chi connectivity index (χ2v) is 4.03. The fourth-order valence-corrected chi connectivity index (χ4v) is 1.12. The maximum atomic E-state index is 13.1. The predicted molar refractivity (Wildman–Crippen MR) is 58.7 cm³/mol. The molecule has 0 heterocycles. The normalized spacial score (nSPS) is 12.9. The highest BCUT2D eigenvalue weighted by Gasteiger charge is 2.12. The van der Waals surface area contributed by atoms with Crippen molar-refractivity contribution in [1.29, 1.82) is 0 Å². The van der Waals surface area contributed by atoms with E-state index in [-0.39, 0.29) is 11.7 Å². The van der Waals surface area contributed by atoms with Gasteiger partial charge in [-0.1, -0.05) is 13.8 Å². The minimum Gasteiger partial charge on any atom is -0.395 e. The maximum Gasteiger partial charge on any atom is 0.151 e. The molecule has 1 aromatic carbocycles. The molecule has 1 aromatic rings. The van der Waals surface area contributed by atoms with Crippen LogP contribution in [0.1, 0.15) is 20.8 Å². The van der Waals surface area contributed by atoms with E-state index in [1.165, 1.54) is 6.07 Å². The SMILES string of the molecule is CC(C)C(C)Nc1cc(F)cc(F)c1N. The molecule has 0 saturated heterocycles. The Morgan fingerprint density at radius 3 is 2.33 bits per heavy atom. The molecule has 0 bridgehead atoms. The summed E-state index contributed by atoms with van der Waals surface area (Å²) in [6.45, 7) is 5.97. The lowest BCUT2D eigenvalue weighted by Gasteiger charge is -2.20. The van der Waals surface area contributed by atoms with Crippen molar-refractivity contribution in [2.45, 2.75) is 26.8 Å². The molecule has 0 aliphatic rings. The van der Waals surface area contributed by atoms with Gasteiger partial charge >= 0.3 is 0 Å². The van der Waals surface area contributed by atoms with Gasteiger partial charge in [0, 0.05) is 12.1 Å². The van der Waals surface area contributed by atoms with Crippen molar-refractivity contribution in [3.8, 4) is 0 Å². The number of halogens is 2. The number of rotatable bonds is 3. The van der Waals surface area contributed by atoms with Gasteiger partial charge in [0.25, 0.3) is 0 Å². The predicted octanol–water partition coefficient (Wildman–Crippen LogP) is 3.00. The van der Waals surface area contributed by atoms with Crippen LogP contribution in [0, 0.1) is 17.6 Å². The smallest absolute Gasteiger partial charge is 0.151 e. The van der Waals surface area contributed by atoms with Crippen LogP contribution in [-0.2, 0) is 0 Å². The minimum atomic E-state index is -0.728. The summed E-state index contributed by atoms with van der Waals surface area (Å²) in [6.07, 6.45) is 0. The van der Waals surface area contributed by atoms with Gasteiger partial charge in [-0.3, -0.25) is 0 Å². The highest BCUT2D eigenvalue weighted by Crippen LogP contribution is 2.24. The third-order valence-electron chi connectivity index (χ3n) is 2.48. The number of hydrogen-bond donors (Lipinski definition) is 2. The van der Waals surface area contributed by atoms with Crippen LogP contribution in [0.2, 0.25) is 0 Å². The van der Waals surface area contributed by atoms with Gasteiger partial charge in [-0.2, -0.15) is 0 Å². The first-order chi connectivity index (χ1) is 6.91. The summed E-state index contributed by atoms with van der Waals surface area (Å²) in [7, 11) is 0. The monoisotopic (exact) mass is 214 g/mol. The Bertz CT molecular complexity index is 351. The molecule has 0 aliphatic carbocycles. The average Bonchev–Trinajstić information content (AvgIpc) is 2.13. The van der Waals surface area contributed by atoms with Crippen molar-refractivity contribution in [2.24, 2.45) is 5.92 Å². The number of benzene rings is 1. The van der Waals surface area contributed by atoms with Gasteiger partial charge < -0.3 is 11.1 Å². The highest BCUT2D eigenvalue weighted by atomic mass is 19.1. The van der Waals surface area contributed by atoms with E-state index in [4.69, 9.17) is 5.73 Å². The summed E-state index contributed by atoms with van der Waals surface area (Å²) in [5.74, 6) is -0.996. The Morgan fingerprint density at radius 2 is 1.80 bits per heavy atom. The van der Waals surface area contributed by atoms with Crippen LogP contribution >= 0.6 is 0 Å². The second kappa shape index (κ2) is 4.47. The molecule has 0 spiro atoms. The first-order valence-corrected chi connectivity index (χ1v) is 4.93. The van der Waals surface area contributed by atoms with E-state index in [0.29, 0.717) is 11.6 Å². The molecule has 15 heavy (non-hydrogen) atoms. The van der Waals surface area contributed by atoms with Crippen molar-refractivity contribution in [3.05, 3.63) is 23.8 Å². The lowest BCUT2D eigenvalue weighted by Crippen LogP contribution is -2.22. The number of hydrogen-bond acceptors (Lipinski definition) is 2. The zero-order chi connectivity index (χ0) is 11.6. The summed E-state index contributed by atoms with van der Waals surface area (Å²) in [5.41, 5.74) is 5.77. The molecule has 0 amide bonds. The number of anilines is 2. The van der Waals surface area contributed by atoms with E-state index in [2.05, 4.69) is 5.32 Å². The Balaban J connectivity index is 2.94. The third-order valence-corrected chi connectivity index (χ3v) is 2.48. The number of nitrogens with two attached hydrogens (primary N) is 1. The zero-order valence-corrected chi connectivity index (χ0v) is 9.14. The van der Waals surface area contributed by atoms with Crippen molar-refractivity contribution in [2.75, 3.05) is 11.1 Å². The molecular weight excluding hydrogens is 198 g/mol. The van der Waals surface area contributed by atoms with Crippen molar-refractivity contribution >= 4 is 11.4 Å². The highest BCUT2D eigenvalue weighted by molar-refractivity contribution is 5.67. The Hall–Kier alpha value is -1.32. The van der Waals surface area contributed by atoms with Gasteiger partial charge in [0.1, 0.15) is 5.82 Å². The molecule has 0 radical (unpaired) electrons. The first-order valence-electron chi connectivity index (χ1n) is 4.93. The van der Waals surface area contributed by atoms with Gasteiger partial charge in [-0.15, -0.1) is 0 Å². The fraction of sp³-hybridized carbons (Fsp3) is 0.455. The fourth-order valence-electron chi connectivity index (χ4n) is 1.12. The van der Waals surface area contributed by atoms with Crippen molar-refractivity contribution in [3.63, 3.8) is 0 Å². The summed E-state index contributed by atoms with van der Waals surface area (Å²) in [6, 6.07) is 2.09. The standard InChI is InChI=1S/C11H16F2N2/c1-6(2)7(3)15-10-5-8(12)4-9(13)11(10)14/h4-7,15H,14H2,1-3H3. The summed E-state index contributed by atoms with van der Waals surface area (Å²) in [5, 5.41) is 2.99. The largest absolute Gasteiger partial charge is 0.395 e. The average molecular weight is 214 g/mol. The number of nitrogen functional groups attached to an aromatic ring is 1. The van der Waals surface area contributed by atoms with Gasteiger partial charge in [0.05, 0.1) is 11.4 Å². The molecule has 3 N–H and O–H groups in total. The molecule has 0 fully saturated rings. The van der Waals surface area contributed by atoms with Gasteiger partial charge in [-0.05, 0) is 18.9 Å². The molecule has 0 aromatic heterocycles. The van der Waals surface area contributed by atoms with Crippen molar-refractivity contribution in [1.82, 2.24) is 0 Å². The number of nitrogens with one attached hydrogen (secondary N) is 1. The molecule has 1 atom stereocenters. The van der Waals surface area contributed by atoms with E-state index < -0.39 is 11.6 Å². The summed E-state index contributed by atoms with van der Waals surface area (Å²) >= 11 is 0. The van der Waals surface area contributed by atoms with E-state index in [1.807, 2.05) is 20.8 Å². The molecule has 4 heteroatoms. The van der Waals surface area contributed by atoms with Crippen LogP contribution in [-0.4, -0.2) is 6.04 Å². The molecule has 1 rings (SSSR count). The molecular formula is C11H16F2N2. The van der Waals surface area contributed by atoms with E-state index in [0.717, 1.165) is 6.07 Å². The molecule has 1 unspecified atom stereocenters. The van der Waals surface area contributed by atoms with E-state index >= 15 is 0 Å². The van der Waals surface area contributed by atoms with E-state index in [9.17, 15) is 8.78 Å². The lowest BCUT2D eigenvalue weighted by molar-refractivity contribution is 0.556. The van der Waals surface area contributed by atoms with Crippen LogP contribution < -0.4 is 11.1 Å². The molecule has 2 nitrogen and oxygen atoms in total. The van der Waals surface area contributed by atoms with Crippen LogP contribution in [0.15, 0.2) is 12.1 Å². The van der Waals surface area contributed by atoms with E-state index in [1.54, 1.807) is 0 Å². The summed E-state index contributed by atoms with van der Waals surface area (Å²) < 4.78 is 26.0. The quantitative estimate of drug-likeness (QED) is 0.759. The third kappa shape index (κ3) is 2.81. The zero-order valence-electron chi connectivity index (χ0n) is 9.14. The molecule has 84 valence electrons. The topological polar surface area (TPSA) is 38.0 Å². The van der Waals surface area contributed by atoms with Gasteiger partial charge in [-0.25, -0.2) is 8.78 Å². The Kier molecular flexibility index (Phi) is 3.50. The second-order valence-electron chi connectivity index (χ2n) is 4.03. The van der Waals surface area contributed by atoms with Crippen molar-refractivity contribution < 1.29 is 8.78 Å². The minimum absolute atomic E-state index is 0.0381. The van der Waals surface area contributed by atoms with Crippen LogP contribution in [0.4, 0.5) is 20.2 Å². The van der Waals surface area contributed by atoms with Crippen LogP contribution in [0.5, 0.6) is 0 Å². The maximum absolute atomic E-state index is 13.1. The lowest BCUT2D eigenvalue weighted by atomic mass is 10.1. The molecule has 0 saturated carbocycles. The van der Waals surface area contributed by atoms with Gasteiger partial charge in [0.2, 0.25) is 0 Å². The molecule has 0 aliphatic heterocycles. The Labute approximate surface area is 88.5 Å². The Morgan fingerprint density at radius 1 is 1.20 bits per heavy atom. The van der Waals surface area contributed by atoms with Crippen LogP contribution in [0.25, 0.3) is 0 Å². The van der Waals surface area contributed by atoms with Gasteiger partial charge in [0.15, 0.2) is 5.82 Å². The first kappa shape index (κ1) is 11.8.